The van der Waals surface area contributed by atoms with Crippen molar-refractivity contribution in [3.05, 3.63) is 46.4 Å². The summed E-state index contributed by atoms with van der Waals surface area (Å²) < 4.78 is 1.82. The number of piperidine rings is 1. The molecule has 0 unspecified atom stereocenters. The molecular weight excluding hydrogens is 358 g/mol. The fourth-order valence-corrected chi connectivity index (χ4v) is 5.07. The molecule has 1 amide bonds. The SMILES string of the molecule is O=C(CC1CCN(c2ccc3nccn3n2)CC1)N1CCc2sccc2C1. The number of rotatable bonds is 3. The zero-order valence-corrected chi connectivity index (χ0v) is 16.1. The maximum atomic E-state index is 12.8. The summed E-state index contributed by atoms with van der Waals surface area (Å²) in [5.74, 6) is 1.80. The van der Waals surface area contributed by atoms with Crippen molar-refractivity contribution in [1.82, 2.24) is 19.5 Å². The number of hydrogen-bond donors (Lipinski definition) is 0. The van der Waals surface area contributed by atoms with Crippen LogP contribution in [0.1, 0.15) is 29.7 Å². The van der Waals surface area contributed by atoms with Gasteiger partial charge in [-0.25, -0.2) is 9.50 Å². The first-order valence-corrected chi connectivity index (χ1v) is 10.5. The number of nitrogens with zero attached hydrogens (tertiary/aromatic N) is 5. The lowest BCUT2D eigenvalue weighted by atomic mass is 9.92. The number of anilines is 1. The summed E-state index contributed by atoms with van der Waals surface area (Å²) in [5.41, 5.74) is 2.21. The first-order chi connectivity index (χ1) is 13.3. The molecule has 0 atom stereocenters. The zero-order valence-electron chi connectivity index (χ0n) is 15.3. The third kappa shape index (κ3) is 3.32. The van der Waals surface area contributed by atoms with E-state index < -0.39 is 0 Å². The van der Waals surface area contributed by atoms with Crippen LogP contribution in [0, 0.1) is 5.92 Å². The lowest BCUT2D eigenvalue weighted by Crippen LogP contribution is -2.39. The third-order valence-electron chi connectivity index (χ3n) is 5.80. The normalized spacial score (nSPS) is 18.1. The molecule has 5 heterocycles. The Labute approximate surface area is 162 Å². The molecule has 1 saturated heterocycles. The summed E-state index contributed by atoms with van der Waals surface area (Å²) in [5, 5.41) is 6.78. The Morgan fingerprint density at radius 1 is 1.19 bits per heavy atom. The van der Waals surface area contributed by atoms with E-state index in [1.54, 1.807) is 6.20 Å². The fraction of sp³-hybridized carbons (Fsp3) is 0.450. The van der Waals surface area contributed by atoms with Gasteiger partial charge in [-0.1, -0.05) is 0 Å². The number of carbonyl (C=O) groups is 1. The van der Waals surface area contributed by atoms with E-state index in [0.717, 1.165) is 56.9 Å². The molecule has 5 rings (SSSR count). The Kier molecular flexibility index (Phi) is 4.32. The van der Waals surface area contributed by atoms with Crippen LogP contribution >= 0.6 is 11.3 Å². The molecule has 2 aliphatic heterocycles. The molecule has 0 radical (unpaired) electrons. The van der Waals surface area contributed by atoms with E-state index in [2.05, 4.69) is 31.3 Å². The van der Waals surface area contributed by atoms with Crippen molar-refractivity contribution in [3.63, 3.8) is 0 Å². The van der Waals surface area contributed by atoms with Crippen LogP contribution < -0.4 is 4.90 Å². The molecule has 0 spiro atoms. The minimum absolute atomic E-state index is 0.322. The van der Waals surface area contributed by atoms with E-state index in [9.17, 15) is 4.79 Å². The molecule has 6 nitrogen and oxygen atoms in total. The van der Waals surface area contributed by atoms with Crippen LogP contribution in [-0.4, -0.2) is 45.0 Å². The highest BCUT2D eigenvalue weighted by atomic mass is 32.1. The number of thiophene rings is 1. The van der Waals surface area contributed by atoms with Crippen molar-refractivity contribution in [2.75, 3.05) is 24.5 Å². The predicted octanol–water partition coefficient (Wildman–Crippen LogP) is 2.98. The highest BCUT2D eigenvalue weighted by Gasteiger charge is 2.26. The Balaban J connectivity index is 1.17. The van der Waals surface area contributed by atoms with Crippen LogP contribution in [0.3, 0.4) is 0 Å². The van der Waals surface area contributed by atoms with Crippen molar-refractivity contribution >= 4 is 28.7 Å². The van der Waals surface area contributed by atoms with E-state index in [1.165, 1.54) is 10.4 Å². The van der Waals surface area contributed by atoms with Crippen molar-refractivity contribution in [2.45, 2.75) is 32.2 Å². The number of hydrogen-bond acceptors (Lipinski definition) is 5. The van der Waals surface area contributed by atoms with Gasteiger partial charge in [-0.05, 0) is 54.3 Å². The molecule has 0 saturated carbocycles. The quantitative estimate of drug-likeness (QED) is 0.700. The van der Waals surface area contributed by atoms with Gasteiger partial charge in [0.25, 0.3) is 0 Å². The van der Waals surface area contributed by atoms with Gasteiger partial charge in [0.2, 0.25) is 5.91 Å². The molecule has 0 N–H and O–H groups in total. The predicted molar refractivity (Wildman–Crippen MR) is 106 cm³/mol. The number of aromatic nitrogens is 3. The van der Waals surface area contributed by atoms with Crippen molar-refractivity contribution in [3.8, 4) is 0 Å². The molecule has 0 bridgehead atoms. The molecule has 1 fully saturated rings. The van der Waals surface area contributed by atoms with E-state index in [4.69, 9.17) is 0 Å². The van der Waals surface area contributed by atoms with Gasteiger partial charge < -0.3 is 9.80 Å². The van der Waals surface area contributed by atoms with Crippen LogP contribution in [0.25, 0.3) is 5.65 Å². The lowest BCUT2D eigenvalue weighted by molar-refractivity contribution is -0.133. The Morgan fingerprint density at radius 3 is 2.96 bits per heavy atom. The number of fused-ring (bicyclic) bond motifs is 2. The molecule has 27 heavy (non-hydrogen) atoms. The summed E-state index contributed by atoms with van der Waals surface area (Å²) in [7, 11) is 0. The second-order valence-corrected chi connectivity index (χ2v) is 8.49. The number of carbonyl (C=O) groups excluding carboxylic acids is 1. The molecule has 140 valence electrons. The van der Waals surface area contributed by atoms with Gasteiger partial charge in [0.1, 0.15) is 5.82 Å². The van der Waals surface area contributed by atoms with Gasteiger partial charge in [-0.2, -0.15) is 0 Å². The molecule has 3 aromatic heterocycles. The molecule has 2 aliphatic rings. The highest BCUT2D eigenvalue weighted by molar-refractivity contribution is 7.10. The lowest BCUT2D eigenvalue weighted by Gasteiger charge is -2.34. The zero-order chi connectivity index (χ0) is 18.2. The first kappa shape index (κ1) is 16.7. The maximum Gasteiger partial charge on any atom is 0.223 e. The Bertz CT molecular complexity index is 956. The van der Waals surface area contributed by atoms with Crippen LogP contribution in [0.5, 0.6) is 0 Å². The second-order valence-electron chi connectivity index (χ2n) is 7.49. The molecule has 3 aromatic rings. The Hall–Kier alpha value is -2.41. The van der Waals surface area contributed by atoms with Gasteiger partial charge in [-0.3, -0.25) is 4.79 Å². The molecule has 0 aromatic carbocycles. The number of amides is 1. The monoisotopic (exact) mass is 381 g/mol. The van der Waals surface area contributed by atoms with Crippen LogP contribution in [0.4, 0.5) is 5.82 Å². The minimum atomic E-state index is 0.322. The first-order valence-electron chi connectivity index (χ1n) is 9.64. The summed E-state index contributed by atoms with van der Waals surface area (Å²) in [6, 6.07) is 6.22. The maximum absolute atomic E-state index is 12.8. The van der Waals surface area contributed by atoms with Gasteiger partial charge in [-0.15, -0.1) is 16.4 Å². The summed E-state index contributed by atoms with van der Waals surface area (Å²) in [4.78, 5) is 22.8. The smallest absolute Gasteiger partial charge is 0.223 e. The summed E-state index contributed by atoms with van der Waals surface area (Å²) >= 11 is 1.82. The average Bonchev–Trinajstić information content (AvgIpc) is 3.36. The standard InChI is InChI=1S/C20H23N5OS/c26-20(24-10-5-17-16(14-24)6-12-27-17)13-15-3-8-23(9-4-15)19-2-1-18-21-7-11-25(18)22-19/h1-2,6-7,11-12,15H,3-5,8-10,13-14H2. The summed E-state index contributed by atoms with van der Waals surface area (Å²) in [6.45, 7) is 3.59. The molecular formula is C20H23N5OS. The topological polar surface area (TPSA) is 53.7 Å². The van der Waals surface area contributed by atoms with E-state index >= 15 is 0 Å². The third-order valence-corrected chi connectivity index (χ3v) is 6.83. The van der Waals surface area contributed by atoms with Gasteiger partial charge in [0.15, 0.2) is 5.65 Å². The van der Waals surface area contributed by atoms with E-state index in [1.807, 2.05) is 34.2 Å². The second kappa shape index (κ2) is 6.96. The van der Waals surface area contributed by atoms with Gasteiger partial charge in [0.05, 0.1) is 0 Å². The van der Waals surface area contributed by atoms with Gasteiger partial charge in [0, 0.05) is 49.9 Å². The van der Waals surface area contributed by atoms with Crippen LogP contribution in [0.15, 0.2) is 36.0 Å². The highest BCUT2D eigenvalue weighted by Crippen LogP contribution is 2.28. The van der Waals surface area contributed by atoms with Crippen LogP contribution in [-0.2, 0) is 17.8 Å². The van der Waals surface area contributed by atoms with Crippen molar-refractivity contribution in [2.24, 2.45) is 5.92 Å². The van der Waals surface area contributed by atoms with Crippen LogP contribution in [0.2, 0.25) is 0 Å². The van der Waals surface area contributed by atoms with E-state index in [-0.39, 0.29) is 0 Å². The van der Waals surface area contributed by atoms with Crippen molar-refractivity contribution < 1.29 is 4.79 Å². The largest absolute Gasteiger partial charge is 0.355 e. The molecule has 7 heteroatoms. The molecule has 0 aliphatic carbocycles. The fourth-order valence-electron chi connectivity index (χ4n) is 4.18. The summed E-state index contributed by atoms with van der Waals surface area (Å²) in [6.07, 6.45) is 7.44. The van der Waals surface area contributed by atoms with E-state index in [0.29, 0.717) is 18.2 Å². The minimum Gasteiger partial charge on any atom is -0.355 e. The number of imidazole rings is 1. The average molecular weight is 382 g/mol. The Morgan fingerprint density at radius 2 is 2.07 bits per heavy atom. The van der Waals surface area contributed by atoms with Crippen molar-refractivity contribution in [1.29, 1.82) is 0 Å². The van der Waals surface area contributed by atoms with Gasteiger partial charge >= 0.3 is 0 Å².